The Balaban J connectivity index is 2.82. The predicted molar refractivity (Wildman–Crippen MR) is 64.1 cm³/mol. The summed E-state index contributed by atoms with van der Waals surface area (Å²) < 4.78 is 10.4. The third-order valence-corrected chi connectivity index (χ3v) is 2.66. The van der Waals surface area contributed by atoms with Crippen molar-refractivity contribution in [3.05, 3.63) is 23.8 Å². The van der Waals surface area contributed by atoms with Crippen LogP contribution in [0.4, 0.5) is 0 Å². The quantitative estimate of drug-likeness (QED) is 0.833. The van der Waals surface area contributed by atoms with Crippen LogP contribution in [0.25, 0.3) is 0 Å². The highest BCUT2D eigenvalue weighted by Gasteiger charge is 2.12. The average molecular weight is 224 g/mol. The van der Waals surface area contributed by atoms with Gasteiger partial charge in [0.2, 0.25) is 0 Å². The summed E-state index contributed by atoms with van der Waals surface area (Å²) in [5.74, 6) is 1.68. The van der Waals surface area contributed by atoms with E-state index in [-0.39, 0.29) is 12.0 Å². The maximum absolute atomic E-state index is 9.80. The van der Waals surface area contributed by atoms with Crippen molar-refractivity contribution in [2.75, 3.05) is 14.2 Å². The van der Waals surface area contributed by atoms with Gasteiger partial charge in [-0.05, 0) is 30.0 Å². The molecular weight excluding hydrogens is 204 g/mol. The third kappa shape index (κ3) is 3.14. The number of aliphatic hydroxyl groups excluding tert-OH is 1. The number of hydrogen-bond donors (Lipinski definition) is 1. The predicted octanol–water partition coefficient (Wildman–Crippen LogP) is 2.26. The summed E-state index contributed by atoms with van der Waals surface area (Å²) in [6.45, 7) is 4.01. The van der Waals surface area contributed by atoms with Crippen LogP contribution >= 0.6 is 0 Å². The lowest BCUT2D eigenvalue weighted by Gasteiger charge is -2.15. The number of benzene rings is 1. The van der Waals surface area contributed by atoms with Gasteiger partial charge < -0.3 is 14.6 Å². The van der Waals surface area contributed by atoms with E-state index >= 15 is 0 Å². The van der Waals surface area contributed by atoms with Crippen molar-refractivity contribution < 1.29 is 14.6 Å². The van der Waals surface area contributed by atoms with Gasteiger partial charge in [0.1, 0.15) is 0 Å². The monoisotopic (exact) mass is 224 g/mol. The molecule has 0 fully saturated rings. The van der Waals surface area contributed by atoms with Crippen molar-refractivity contribution in [3.63, 3.8) is 0 Å². The molecule has 0 bridgehead atoms. The molecule has 0 heterocycles. The summed E-state index contributed by atoms with van der Waals surface area (Å²) >= 11 is 0. The first-order valence-corrected chi connectivity index (χ1v) is 5.47. The van der Waals surface area contributed by atoms with Crippen LogP contribution in [0.15, 0.2) is 18.2 Å². The Kier molecular flexibility index (Phi) is 4.62. The third-order valence-electron chi connectivity index (χ3n) is 2.66. The average Bonchev–Trinajstić information content (AvgIpc) is 2.28. The molecule has 0 unspecified atom stereocenters. The van der Waals surface area contributed by atoms with E-state index in [1.54, 1.807) is 14.2 Å². The molecule has 1 rings (SSSR count). The van der Waals surface area contributed by atoms with E-state index in [1.807, 2.05) is 32.0 Å². The van der Waals surface area contributed by atoms with Crippen molar-refractivity contribution in [2.24, 2.45) is 5.92 Å². The zero-order valence-corrected chi connectivity index (χ0v) is 10.4. The van der Waals surface area contributed by atoms with Gasteiger partial charge in [0.25, 0.3) is 0 Å². The number of hydrogen-bond acceptors (Lipinski definition) is 3. The van der Waals surface area contributed by atoms with Gasteiger partial charge >= 0.3 is 0 Å². The Morgan fingerprint density at radius 3 is 2.25 bits per heavy atom. The minimum atomic E-state index is -0.321. The van der Waals surface area contributed by atoms with Crippen LogP contribution in [-0.4, -0.2) is 25.4 Å². The van der Waals surface area contributed by atoms with Crippen LogP contribution in [0.1, 0.15) is 19.4 Å². The molecule has 0 saturated heterocycles. The summed E-state index contributed by atoms with van der Waals surface area (Å²) in [5.41, 5.74) is 1.05. The van der Waals surface area contributed by atoms with Gasteiger partial charge in [-0.15, -0.1) is 0 Å². The first kappa shape index (κ1) is 12.8. The summed E-state index contributed by atoms with van der Waals surface area (Å²) in [4.78, 5) is 0. The molecule has 0 aliphatic heterocycles. The maximum atomic E-state index is 9.80. The fraction of sp³-hybridized carbons (Fsp3) is 0.538. The smallest absolute Gasteiger partial charge is 0.160 e. The molecule has 0 aliphatic rings. The highest BCUT2D eigenvalue weighted by Crippen LogP contribution is 2.28. The molecule has 0 spiro atoms. The van der Waals surface area contributed by atoms with Gasteiger partial charge in [0, 0.05) is 0 Å². The second-order valence-corrected chi connectivity index (χ2v) is 4.20. The molecule has 16 heavy (non-hydrogen) atoms. The molecule has 0 radical (unpaired) electrons. The number of ether oxygens (including phenoxy) is 2. The zero-order valence-electron chi connectivity index (χ0n) is 10.4. The largest absolute Gasteiger partial charge is 0.493 e. The molecule has 1 N–H and O–H groups in total. The van der Waals surface area contributed by atoms with Gasteiger partial charge in [0.15, 0.2) is 11.5 Å². The topological polar surface area (TPSA) is 38.7 Å². The fourth-order valence-electron chi connectivity index (χ4n) is 1.48. The van der Waals surface area contributed by atoms with Crippen LogP contribution in [0.2, 0.25) is 0 Å². The van der Waals surface area contributed by atoms with Crippen molar-refractivity contribution in [3.8, 4) is 11.5 Å². The summed E-state index contributed by atoms with van der Waals surface area (Å²) in [6.07, 6.45) is 0.316. The van der Waals surface area contributed by atoms with E-state index in [2.05, 4.69) is 0 Å². The molecule has 1 aromatic carbocycles. The number of aliphatic hydroxyl groups is 1. The molecule has 0 aromatic heterocycles. The lowest BCUT2D eigenvalue weighted by atomic mass is 9.99. The highest BCUT2D eigenvalue weighted by atomic mass is 16.5. The second-order valence-electron chi connectivity index (χ2n) is 4.20. The highest BCUT2D eigenvalue weighted by molar-refractivity contribution is 5.43. The first-order valence-electron chi connectivity index (χ1n) is 5.47. The van der Waals surface area contributed by atoms with Crippen molar-refractivity contribution in [1.82, 2.24) is 0 Å². The van der Waals surface area contributed by atoms with Gasteiger partial charge in [0.05, 0.1) is 20.3 Å². The Bertz CT molecular complexity index is 334. The SMILES string of the molecule is COc1ccc(C[C@@H](O)C(C)C)cc1OC. The van der Waals surface area contributed by atoms with Crippen molar-refractivity contribution in [2.45, 2.75) is 26.4 Å². The fourth-order valence-corrected chi connectivity index (χ4v) is 1.48. The first-order chi connectivity index (χ1) is 7.58. The van der Waals surface area contributed by atoms with E-state index < -0.39 is 0 Å². The second kappa shape index (κ2) is 5.75. The molecule has 1 atom stereocenters. The van der Waals surface area contributed by atoms with Crippen LogP contribution in [0.3, 0.4) is 0 Å². The molecule has 0 aliphatic carbocycles. The van der Waals surface area contributed by atoms with E-state index in [4.69, 9.17) is 9.47 Å². The van der Waals surface area contributed by atoms with E-state index in [1.165, 1.54) is 0 Å². The minimum Gasteiger partial charge on any atom is -0.493 e. The lowest BCUT2D eigenvalue weighted by Crippen LogP contribution is -2.17. The zero-order chi connectivity index (χ0) is 12.1. The van der Waals surface area contributed by atoms with Crippen molar-refractivity contribution in [1.29, 1.82) is 0 Å². The minimum absolute atomic E-state index is 0.257. The van der Waals surface area contributed by atoms with Gasteiger partial charge in [-0.25, -0.2) is 0 Å². The molecule has 0 saturated carbocycles. The normalized spacial score (nSPS) is 12.6. The summed E-state index contributed by atoms with van der Waals surface area (Å²) in [7, 11) is 3.22. The molecule has 90 valence electrons. The van der Waals surface area contributed by atoms with E-state index in [9.17, 15) is 5.11 Å². The van der Waals surface area contributed by atoms with Gasteiger partial charge in [-0.1, -0.05) is 19.9 Å². The molecular formula is C13H20O3. The molecule has 3 nitrogen and oxygen atoms in total. The standard InChI is InChI=1S/C13H20O3/c1-9(2)11(14)7-10-5-6-12(15-3)13(8-10)16-4/h5-6,8-9,11,14H,7H2,1-4H3/t11-/m1/s1. The Morgan fingerprint density at radius 1 is 1.12 bits per heavy atom. The summed E-state index contributed by atoms with van der Waals surface area (Å²) in [6, 6.07) is 5.72. The van der Waals surface area contributed by atoms with Crippen LogP contribution < -0.4 is 9.47 Å². The Hall–Kier alpha value is -1.22. The maximum Gasteiger partial charge on any atom is 0.160 e. The number of rotatable bonds is 5. The lowest BCUT2D eigenvalue weighted by molar-refractivity contribution is 0.125. The Morgan fingerprint density at radius 2 is 1.75 bits per heavy atom. The van der Waals surface area contributed by atoms with Crippen LogP contribution in [-0.2, 0) is 6.42 Å². The molecule has 1 aromatic rings. The van der Waals surface area contributed by atoms with E-state index in [0.717, 1.165) is 5.56 Å². The van der Waals surface area contributed by atoms with Crippen LogP contribution in [0.5, 0.6) is 11.5 Å². The van der Waals surface area contributed by atoms with E-state index in [0.29, 0.717) is 17.9 Å². The van der Waals surface area contributed by atoms with Crippen molar-refractivity contribution >= 4 is 0 Å². The molecule has 0 amide bonds. The van der Waals surface area contributed by atoms with Crippen LogP contribution in [0, 0.1) is 5.92 Å². The summed E-state index contributed by atoms with van der Waals surface area (Å²) in [5, 5.41) is 9.80. The number of methoxy groups -OCH3 is 2. The Labute approximate surface area is 97.0 Å². The van der Waals surface area contributed by atoms with Gasteiger partial charge in [-0.2, -0.15) is 0 Å². The van der Waals surface area contributed by atoms with Gasteiger partial charge in [-0.3, -0.25) is 0 Å². The molecule has 3 heteroatoms.